The third-order valence-corrected chi connectivity index (χ3v) is 2.75. The van der Waals surface area contributed by atoms with Crippen LogP contribution < -0.4 is 16.8 Å². The molecule has 1 aromatic carbocycles. The van der Waals surface area contributed by atoms with E-state index in [4.69, 9.17) is 10.2 Å². The number of carbonyl (C=O) groups excluding carboxylic acids is 1. The molecule has 4 N–H and O–H groups in total. The summed E-state index contributed by atoms with van der Waals surface area (Å²) in [4.78, 5) is 25.1. The molecule has 0 aliphatic rings. The Morgan fingerprint density at radius 2 is 2.33 bits per heavy atom. The molecule has 0 radical (unpaired) electrons. The van der Waals surface area contributed by atoms with Gasteiger partial charge in [-0.1, -0.05) is 13.0 Å². The smallest absolute Gasteiger partial charge is 0.408 e. The van der Waals surface area contributed by atoms with Gasteiger partial charge in [0.25, 0.3) is 0 Å². The molecule has 2 aromatic rings. The summed E-state index contributed by atoms with van der Waals surface area (Å²) in [5.41, 5.74) is 7.40. The number of aromatic amines is 1. The van der Waals surface area contributed by atoms with Crippen LogP contribution in [0.5, 0.6) is 0 Å². The SMILES string of the molecule is CC(CN)C(=O)NCc1ccc2[nH]c(=O)oc2c1. The molecule has 1 aromatic heterocycles. The van der Waals surface area contributed by atoms with E-state index < -0.39 is 5.76 Å². The van der Waals surface area contributed by atoms with E-state index in [-0.39, 0.29) is 11.8 Å². The summed E-state index contributed by atoms with van der Waals surface area (Å²) in [5.74, 6) is -0.782. The quantitative estimate of drug-likeness (QED) is 0.726. The van der Waals surface area contributed by atoms with Crippen molar-refractivity contribution in [1.82, 2.24) is 10.3 Å². The van der Waals surface area contributed by atoms with Crippen LogP contribution in [-0.2, 0) is 11.3 Å². The summed E-state index contributed by atoms with van der Waals surface area (Å²) in [5, 5.41) is 2.77. The van der Waals surface area contributed by atoms with Gasteiger partial charge in [0.1, 0.15) is 0 Å². The molecule has 1 amide bonds. The minimum Gasteiger partial charge on any atom is -0.408 e. The average molecular weight is 249 g/mol. The van der Waals surface area contributed by atoms with Crippen molar-refractivity contribution < 1.29 is 9.21 Å². The number of oxazole rings is 1. The van der Waals surface area contributed by atoms with Gasteiger partial charge in [0.15, 0.2) is 5.58 Å². The second kappa shape index (κ2) is 5.05. The van der Waals surface area contributed by atoms with Crippen molar-refractivity contribution >= 4 is 17.0 Å². The van der Waals surface area contributed by atoms with Crippen LogP contribution in [0.25, 0.3) is 11.1 Å². The molecular weight excluding hydrogens is 234 g/mol. The van der Waals surface area contributed by atoms with Crippen LogP contribution >= 0.6 is 0 Å². The highest BCUT2D eigenvalue weighted by Crippen LogP contribution is 2.12. The third kappa shape index (κ3) is 2.60. The van der Waals surface area contributed by atoms with Crippen molar-refractivity contribution in [2.45, 2.75) is 13.5 Å². The predicted molar refractivity (Wildman–Crippen MR) is 66.9 cm³/mol. The number of hydrogen-bond acceptors (Lipinski definition) is 4. The van der Waals surface area contributed by atoms with Gasteiger partial charge in [0.2, 0.25) is 5.91 Å². The highest BCUT2D eigenvalue weighted by atomic mass is 16.4. The van der Waals surface area contributed by atoms with Gasteiger partial charge in [-0.3, -0.25) is 9.78 Å². The lowest BCUT2D eigenvalue weighted by Crippen LogP contribution is -2.32. The summed E-state index contributed by atoms with van der Waals surface area (Å²) < 4.78 is 4.94. The molecule has 0 saturated heterocycles. The lowest BCUT2D eigenvalue weighted by atomic mass is 10.1. The first-order valence-electron chi connectivity index (χ1n) is 5.69. The Morgan fingerprint density at radius 3 is 3.06 bits per heavy atom. The number of carbonyl (C=O) groups is 1. The molecule has 0 bridgehead atoms. The van der Waals surface area contributed by atoms with E-state index in [1.165, 1.54) is 0 Å². The Kier molecular flexibility index (Phi) is 3.47. The number of hydrogen-bond donors (Lipinski definition) is 3. The van der Waals surface area contributed by atoms with E-state index in [1.807, 2.05) is 6.07 Å². The standard InChI is InChI=1S/C12H15N3O3/c1-7(5-13)11(16)14-6-8-2-3-9-10(4-8)18-12(17)15-9/h2-4,7H,5-6,13H2,1H3,(H,14,16)(H,15,17). The molecular formula is C12H15N3O3. The Hall–Kier alpha value is -2.08. The minimum atomic E-state index is -0.483. The normalized spacial score (nSPS) is 12.6. The molecule has 0 aliphatic heterocycles. The fourth-order valence-electron chi connectivity index (χ4n) is 1.57. The Morgan fingerprint density at radius 1 is 1.56 bits per heavy atom. The summed E-state index contributed by atoms with van der Waals surface area (Å²) in [7, 11) is 0. The van der Waals surface area contributed by atoms with Crippen LogP contribution in [0.3, 0.4) is 0 Å². The number of amides is 1. The predicted octanol–water partition coefficient (Wildman–Crippen LogP) is 0.332. The fraction of sp³-hybridized carbons (Fsp3) is 0.333. The van der Waals surface area contributed by atoms with Crippen LogP contribution in [0.15, 0.2) is 27.4 Å². The Bertz CT molecular complexity index is 614. The van der Waals surface area contributed by atoms with Gasteiger partial charge in [0, 0.05) is 19.0 Å². The molecule has 0 saturated carbocycles. The van der Waals surface area contributed by atoms with E-state index in [9.17, 15) is 9.59 Å². The maximum atomic E-state index is 11.5. The monoisotopic (exact) mass is 249 g/mol. The van der Waals surface area contributed by atoms with Gasteiger partial charge in [-0.05, 0) is 17.7 Å². The average Bonchev–Trinajstić information content (AvgIpc) is 2.74. The zero-order chi connectivity index (χ0) is 13.1. The zero-order valence-corrected chi connectivity index (χ0v) is 10.0. The molecule has 6 heteroatoms. The summed E-state index contributed by atoms with van der Waals surface area (Å²) >= 11 is 0. The highest BCUT2D eigenvalue weighted by Gasteiger charge is 2.10. The van der Waals surface area contributed by atoms with Crippen molar-refractivity contribution in [3.63, 3.8) is 0 Å². The first-order chi connectivity index (χ1) is 8.60. The van der Waals surface area contributed by atoms with E-state index in [0.717, 1.165) is 5.56 Å². The van der Waals surface area contributed by atoms with Crippen molar-refractivity contribution in [2.75, 3.05) is 6.54 Å². The maximum Gasteiger partial charge on any atom is 0.417 e. The molecule has 1 unspecified atom stereocenters. The van der Waals surface area contributed by atoms with Gasteiger partial charge in [-0.2, -0.15) is 0 Å². The molecule has 6 nitrogen and oxygen atoms in total. The molecule has 1 atom stereocenters. The lowest BCUT2D eigenvalue weighted by Gasteiger charge is -2.09. The molecule has 0 spiro atoms. The summed E-state index contributed by atoms with van der Waals surface area (Å²) in [6.45, 7) is 2.47. The number of rotatable bonds is 4. The van der Waals surface area contributed by atoms with Crippen molar-refractivity contribution in [2.24, 2.45) is 11.7 Å². The second-order valence-corrected chi connectivity index (χ2v) is 4.20. The Balaban J connectivity index is 2.08. The van der Waals surface area contributed by atoms with Crippen LogP contribution in [0, 0.1) is 5.92 Å². The highest BCUT2D eigenvalue weighted by molar-refractivity contribution is 5.78. The largest absolute Gasteiger partial charge is 0.417 e. The second-order valence-electron chi connectivity index (χ2n) is 4.20. The molecule has 2 rings (SSSR count). The van der Waals surface area contributed by atoms with Crippen LogP contribution in [0.4, 0.5) is 0 Å². The van der Waals surface area contributed by atoms with Gasteiger partial charge >= 0.3 is 5.76 Å². The number of H-pyrrole nitrogens is 1. The van der Waals surface area contributed by atoms with Crippen LogP contribution in [0.1, 0.15) is 12.5 Å². The van der Waals surface area contributed by atoms with Gasteiger partial charge in [-0.15, -0.1) is 0 Å². The van der Waals surface area contributed by atoms with Crippen molar-refractivity contribution in [3.8, 4) is 0 Å². The van der Waals surface area contributed by atoms with E-state index in [1.54, 1.807) is 19.1 Å². The topological polar surface area (TPSA) is 101 Å². The fourth-order valence-corrected chi connectivity index (χ4v) is 1.57. The number of nitrogens with one attached hydrogen (secondary N) is 2. The maximum absolute atomic E-state index is 11.5. The zero-order valence-electron chi connectivity index (χ0n) is 10.0. The molecule has 1 heterocycles. The third-order valence-electron chi connectivity index (χ3n) is 2.75. The Labute approximate surface area is 103 Å². The minimum absolute atomic E-state index is 0.0897. The number of fused-ring (bicyclic) bond motifs is 1. The van der Waals surface area contributed by atoms with Crippen molar-refractivity contribution in [1.29, 1.82) is 0 Å². The molecule has 0 aliphatic carbocycles. The van der Waals surface area contributed by atoms with Crippen LogP contribution in [0.2, 0.25) is 0 Å². The van der Waals surface area contributed by atoms with Gasteiger partial charge < -0.3 is 15.5 Å². The van der Waals surface area contributed by atoms with E-state index in [2.05, 4.69) is 10.3 Å². The van der Waals surface area contributed by atoms with Gasteiger partial charge in [0.05, 0.1) is 5.52 Å². The van der Waals surface area contributed by atoms with Gasteiger partial charge in [-0.25, -0.2) is 4.79 Å². The first-order valence-corrected chi connectivity index (χ1v) is 5.69. The molecule has 0 fully saturated rings. The van der Waals surface area contributed by atoms with Crippen molar-refractivity contribution in [3.05, 3.63) is 34.3 Å². The number of benzene rings is 1. The number of aromatic nitrogens is 1. The molecule has 96 valence electrons. The van der Waals surface area contributed by atoms with E-state index in [0.29, 0.717) is 24.2 Å². The van der Waals surface area contributed by atoms with Crippen LogP contribution in [-0.4, -0.2) is 17.4 Å². The number of nitrogens with two attached hydrogens (primary N) is 1. The molecule has 18 heavy (non-hydrogen) atoms. The van der Waals surface area contributed by atoms with E-state index >= 15 is 0 Å². The lowest BCUT2D eigenvalue weighted by molar-refractivity contribution is -0.124. The first kappa shape index (κ1) is 12.4. The summed E-state index contributed by atoms with van der Waals surface area (Å²) in [6.07, 6.45) is 0. The summed E-state index contributed by atoms with van der Waals surface area (Å²) in [6, 6.07) is 5.29.